The molecule has 0 aliphatic carbocycles. The van der Waals surface area contributed by atoms with Crippen LogP contribution in [0.2, 0.25) is 0 Å². The number of nitrogens with one attached hydrogen (secondary N) is 1. The van der Waals surface area contributed by atoms with Crippen molar-refractivity contribution in [3.05, 3.63) is 18.2 Å². The molecular weight excluding hydrogens is 224 g/mol. The summed E-state index contributed by atoms with van der Waals surface area (Å²) in [5, 5.41) is 3.30. The van der Waals surface area contributed by atoms with Gasteiger partial charge in [-0.1, -0.05) is 0 Å². The predicted molar refractivity (Wildman–Crippen MR) is 74.7 cm³/mol. The summed E-state index contributed by atoms with van der Waals surface area (Å²) in [5.41, 5.74) is 0. The molecule has 2 heterocycles. The molecule has 0 amide bonds. The molecule has 2 rings (SSSR count). The number of rotatable bonds is 6. The van der Waals surface area contributed by atoms with Crippen LogP contribution in [0, 0.1) is 12.8 Å². The van der Waals surface area contributed by atoms with E-state index in [9.17, 15) is 0 Å². The Bertz CT molecular complexity index is 345. The first-order chi connectivity index (χ1) is 8.79. The fourth-order valence-corrected chi connectivity index (χ4v) is 2.91. The van der Waals surface area contributed by atoms with Crippen LogP contribution in [0.3, 0.4) is 0 Å². The highest BCUT2D eigenvalue weighted by atomic mass is 15.1. The van der Waals surface area contributed by atoms with Gasteiger partial charge in [0, 0.05) is 25.5 Å². The lowest BCUT2D eigenvalue weighted by molar-refractivity contribution is 0.170. The fraction of sp³-hybridized carbons (Fsp3) is 0.786. The summed E-state index contributed by atoms with van der Waals surface area (Å²) in [6.45, 7) is 8.10. The van der Waals surface area contributed by atoms with E-state index in [2.05, 4.69) is 39.9 Å². The Morgan fingerprint density at radius 3 is 3.06 bits per heavy atom. The molecule has 0 saturated carbocycles. The van der Waals surface area contributed by atoms with Gasteiger partial charge in [0.2, 0.25) is 0 Å². The second-order valence-electron chi connectivity index (χ2n) is 5.39. The van der Waals surface area contributed by atoms with Crippen molar-refractivity contribution in [2.75, 3.05) is 33.2 Å². The van der Waals surface area contributed by atoms with Crippen molar-refractivity contribution in [1.29, 1.82) is 0 Å². The van der Waals surface area contributed by atoms with Gasteiger partial charge < -0.3 is 14.8 Å². The molecule has 1 fully saturated rings. The van der Waals surface area contributed by atoms with Crippen molar-refractivity contribution in [2.24, 2.45) is 5.92 Å². The van der Waals surface area contributed by atoms with Crippen LogP contribution in [-0.2, 0) is 6.54 Å². The van der Waals surface area contributed by atoms with E-state index in [1.54, 1.807) is 0 Å². The summed E-state index contributed by atoms with van der Waals surface area (Å²) in [7, 11) is 2.06. The van der Waals surface area contributed by atoms with Crippen LogP contribution in [0.1, 0.15) is 25.1 Å². The molecule has 0 radical (unpaired) electrons. The molecule has 0 spiro atoms. The highest BCUT2D eigenvalue weighted by molar-refractivity contribution is 4.88. The second-order valence-corrected chi connectivity index (χ2v) is 5.39. The van der Waals surface area contributed by atoms with Gasteiger partial charge in [-0.3, -0.25) is 0 Å². The fourth-order valence-electron chi connectivity index (χ4n) is 2.91. The van der Waals surface area contributed by atoms with Gasteiger partial charge in [-0.25, -0.2) is 4.98 Å². The quantitative estimate of drug-likeness (QED) is 0.831. The highest BCUT2D eigenvalue weighted by Gasteiger charge is 2.18. The number of hydrogen-bond donors (Lipinski definition) is 1. The summed E-state index contributed by atoms with van der Waals surface area (Å²) in [5.74, 6) is 1.97. The van der Waals surface area contributed by atoms with Crippen molar-refractivity contribution < 1.29 is 0 Å². The number of imidazole rings is 1. The molecule has 1 aliphatic rings. The van der Waals surface area contributed by atoms with Crippen molar-refractivity contribution in [2.45, 2.75) is 32.7 Å². The van der Waals surface area contributed by atoms with Gasteiger partial charge in [-0.05, 0) is 58.8 Å². The third kappa shape index (κ3) is 3.82. The number of piperidine rings is 1. The Kier molecular flexibility index (Phi) is 5.20. The zero-order chi connectivity index (χ0) is 12.8. The van der Waals surface area contributed by atoms with Crippen LogP contribution >= 0.6 is 0 Å². The summed E-state index contributed by atoms with van der Waals surface area (Å²) < 4.78 is 2.25. The van der Waals surface area contributed by atoms with Crippen LogP contribution in [-0.4, -0.2) is 47.7 Å². The smallest absolute Gasteiger partial charge is 0.105 e. The molecule has 0 unspecified atom stereocenters. The Morgan fingerprint density at radius 1 is 1.44 bits per heavy atom. The zero-order valence-corrected chi connectivity index (χ0v) is 11.7. The lowest BCUT2D eigenvalue weighted by Crippen LogP contribution is -2.39. The zero-order valence-electron chi connectivity index (χ0n) is 11.7. The van der Waals surface area contributed by atoms with E-state index in [4.69, 9.17) is 0 Å². The first kappa shape index (κ1) is 13.6. The molecule has 0 bridgehead atoms. The molecule has 1 N–H and O–H groups in total. The Balaban J connectivity index is 1.68. The van der Waals surface area contributed by atoms with Gasteiger partial charge in [0.25, 0.3) is 0 Å². The number of aromatic nitrogens is 2. The summed E-state index contributed by atoms with van der Waals surface area (Å²) in [6.07, 6.45) is 7.94. The minimum absolute atomic E-state index is 0.846. The molecule has 0 aromatic carbocycles. The largest absolute Gasteiger partial charge is 0.335 e. The van der Waals surface area contributed by atoms with Crippen molar-refractivity contribution in [3.8, 4) is 0 Å². The van der Waals surface area contributed by atoms with Gasteiger partial charge in [-0.2, -0.15) is 0 Å². The number of likely N-dealkylation sites (tertiary alicyclic amines) is 1. The standard InChI is InChI=1S/C14H26N4/c1-13-16-6-10-18(13)9-4-8-17-7-3-5-14(12-17)11-15-2/h6,10,14-15H,3-5,7-9,11-12H2,1-2H3/t14-/m1/s1. The molecule has 1 aromatic heterocycles. The Morgan fingerprint density at radius 2 is 2.33 bits per heavy atom. The molecule has 102 valence electrons. The average Bonchev–Trinajstić information content (AvgIpc) is 2.76. The van der Waals surface area contributed by atoms with E-state index >= 15 is 0 Å². The predicted octanol–water partition coefficient (Wildman–Crippen LogP) is 1.51. The van der Waals surface area contributed by atoms with E-state index in [0.717, 1.165) is 24.8 Å². The van der Waals surface area contributed by atoms with Crippen LogP contribution in [0.4, 0.5) is 0 Å². The SMILES string of the molecule is CNC[C@H]1CCCN(CCCn2ccnc2C)C1. The topological polar surface area (TPSA) is 33.1 Å². The van der Waals surface area contributed by atoms with E-state index in [1.807, 2.05) is 6.20 Å². The van der Waals surface area contributed by atoms with E-state index in [0.29, 0.717) is 0 Å². The maximum Gasteiger partial charge on any atom is 0.105 e. The highest BCUT2D eigenvalue weighted by Crippen LogP contribution is 2.15. The minimum Gasteiger partial charge on any atom is -0.335 e. The van der Waals surface area contributed by atoms with Crippen molar-refractivity contribution in [3.63, 3.8) is 0 Å². The molecule has 4 heteroatoms. The van der Waals surface area contributed by atoms with Crippen LogP contribution in [0.25, 0.3) is 0 Å². The normalized spacial score (nSPS) is 21.3. The van der Waals surface area contributed by atoms with E-state index < -0.39 is 0 Å². The molecule has 1 aliphatic heterocycles. The Hall–Kier alpha value is -0.870. The first-order valence-electron chi connectivity index (χ1n) is 7.14. The van der Waals surface area contributed by atoms with Gasteiger partial charge >= 0.3 is 0 Å². The lowest BCUT2D eigenvalue weighted by atomic mass is 9.98. The summed E-state index contributed by atoms with van der Waals surface area (Å²) in [4.78, 5) is 6.88. The van der Waals surface area contributed by atoms with Crippen LogP contribution < -0.4 is 5.32 Å². The molecule has 1 atom stereocenters. The van der Waals surface area contributed by atoms with Crippen LogP contribution in [0.5, 0.6) is 0 Å². The third-order valence-corrected chi connectivity index (χ3v) is 3.89. The minimum atomic E-state index is 0.846. The van der Waals surface area contributed by atoms with Crippen molar-refractivity contribution in [1.82, 2.24) is 19.8 Å². The second kappa shape index (κ2) is 6.90. The Labute approximate surface area is 110 Å². The van der Waals surface area contributed by atoms with E-state index in [1.165, 1.54) is 38.9 Å². The third-order valence-electron chi connectivity index (χ3n) is 3.89. The van der Waals surface area contributed by atoms with Crippen LogP contribution in [0.15, 0.2) is 12.4 Å². The number of nitrogens with zero attached hydrogens (tertiary/aromatic N) is 3. The van der Waals surface area contributed by atoms with Gasteiger partial charge in [0.15, 0.2) is 0 Å². The number of aryl methyl sites for hydroxylation is 2. The summed E-state index contributed by atoms with van der Waals surface area (Å²) in [6, 6.07) is 0. The molecular formula is C14H26N4. The van der Waals surface area contributed by atoms with Gasteiger partial charge in [-0.15, -0.1) is 0 Å². The molecule has 1 saturated heterocycles. The molecule has 4 nitrogen and oxygen atoms in total. The number of hydrogen-bond acceptors (Lipinski definition) is 3. The maximum absolute atomic E-state index is 4.26. The molecule has 18 heavy (non-hydrogen) atoms. The first-order valence-corrected chi connectivity index (χ1v) is 7.14. The maximum atomic E-state index is 4.26. The van der Waals surface area contributed by atoms with E-state index in [-0.39, 0.29) is 0 Å². The van der Waals surface area contributed by atoms with Gasteiger partial charge in [0.1, 0.15) is 5.82 Å². The summed E-state index contributed by atoms with van der Waals surface area (Å²) >= 11 is 0. The van der Waals surface area contributed by atoms with Crippen molar-refractivity contribution >= 4 is 0 Å². The molecule has 1 aromatic rings. The average molecular weight is 250 g/mol. The lowest BCUT2D eigenvalue weighted by Gasteiger charge is -2.32. The van der Waals surface area contributed by atoms with Gasteiger partial charge in [0.05, 0.1) is 0 Å². The monoisotopic (exact) mass is 250 g/mol.